The van der Waals surface area contributed by atoms with Crippen molar-refractivity contribution in [2.45, 2.75) is 24.5 Å². The van der Waals surface area contributed by atoms with Crippen molar-refractivity contribution >= 4 is 46.3 Å². The third-order valence-electron chi connectivity index (χ3n) is 4.11. The molecule has 8 nitrogen and oxygen atoms in total. The van der Waals surface area contributed by atoms with Crippen molar-refractivity contribution in [3.8, 4) is 0 Å². The number of nitrogens with one attached hydrogen (secondary N) is 1. The molecule has 0 saturated carbocycles. The number of nitro groups is 1. The van der Waals surface area contributed by atoms with Crippen molar-refractivity contribution in [2.24, 2.45) is 0 Å². The van der Waals surface area contributed by atoms with Crippen LogP contribution in [0.25, 0.3) is 0 Å². The number of anilines is 1. The average Bonchev–Trinajstić information content (AvgIpc) is 3.17. The van der Waals surface area contributed by atoms with E-state index in [1.807, 2.05) is 18.4 Å². The Morgan fingerprint density at radius 1 is 1.23 bits per heavy atom. The SMILES string of the molecule is Cc1ccc(NC(=O)COC(=O)c2ccccc2SCc2csc(C)n2)c([N+](=O)[O-])c1. The second kappa shape index (κ2) is 10.2. The number of carbonyl (C=O) groups excluding carboxylic acids is 2. The van der Waals surface area contributed by atoms with Crippen LogP contribution >= 0.6 is 23.1 Å². The van der Waals surface area contributed by atoms with Crippen LogP contribution < -0.4 is 5.32 Å². The molecule has 0 bridgehead atoms. The van der Waals surface area contributed by atoms with Crippen LogP contribution in [0.15, 0.2) is 52.7 Å². The van der Waals surface area contributed by atoms with Crippen molar-refractivity contribution in [3.05, 3.63) is 79.8 Å². The Morgan fingerprint density at radius 3 is 2.71 bits per heavy atom. The number of esters is 1. The average molecular weight is 458 g/mol. The third kappa shape index (κ3) is 6.12. The summed E-state index contributed by atoms with van der Waals surface area (Å²) in [5.74, 6) is -0.707. The molecule has 160 valence electrons. The molecular formula is C21H19N3O5S2. The van der Waals surface area contributed by atoms with E-state index >= 15 is 0 Å². The highest BCUT2D eigenvalue weighted by atomic mass is 32.2. The topological polar surface area (TPSA) is 111 Å². The molecule has 1 aromatic heterocycles. The molecule has 0 atom stereocenters. The van der Waals surface area contributed by atoms with E-state index in [2.05, 4.69) is 10.3 Å². The number of nitrogens with zero attached hydrogens (tertiary/aromatic N) is 2. The smallest absolute Gasteiger partial charge is 0.339 e. The van der Waals surface area contributed by atoms with Gasteiger partial charge in [0.05, 0.1) is 21.2 Å². The van der Waals surface area contributed by atoms with E-state index in [0.29, 0.717) is 21.8 Å². The number of thiazole rings is 1. The Kier molecular flexibility index (Phi) is 7.37. The van der Waals surface area contributed by atoms with Crippen LogP contribution in [-0.4, -0.2) is 28.4 Å². The quantitative estimate of drug-likeness (QED) is 0.225. The highest BCUT2D eigenvalue weighted by molar-refractivity contribution is 7.98. The predicted octanol–water partition coefficient (Wildman–Crippen LogP) is 4.76. The van der Waals surface area contributed by atoms with E-state index in [1.54, 1.807) is 42.5 Å². The maximum absolute atomic E-state index is 12.5. The summed E-state index contributed by atoms with van der Waals surface area (Å²) in [5.41, 5.74) is 1.78. The van der Waals surface area contributed by atoms with Gasteiger partial charge in [-0.05, 0) is 37.6 Å². The van der Waals surface area contributed by atoms with Crippen LogP contribution in [0.2, 0.25) is 0 Å². The molecule has 1 amide bonds. The van der Waals surface area contributed by atoms with E-state index in [4.69, 9.17) is 4.74 Å². The lowest BCUT2D eigenvalue weighted by atomic mass is 10.2. The number of benzene rings is 2. The second-order valence-corrected chi connectivity index (χ2v) is 8.62. The number of ether oxygens (including phenoxy) is 1. The van der Waals surface area contributed by atoms with E-state index in [-0.39, 0.29) is 11.4 Å². The lowest BCUT2D eigenvalue weighted by Gasteiger charge is -2.10. The third-order valence-corrected chi connectivity index (χ3v) is 6.04. The molecule has 1 N–H and O–H groups in total. The molecule has 2 aromatic carbocycles. The molecule has 0 spiro atoms. The molecule has 0 aliphatic carbocycles. The summed E-state index contributed by atoms with van der Waals surface area (Å²) < 4.78 is 5.14. The first kappa shape index (κ1) is 22.4. The maximum Gasteiger partial charge on any atom is 0.339 e. The predicted molar refractivity (Wildman–Crippen MR) is 120 cm³/mol. The van der Waals surface area contributed by atoms with Gasteiger partial charge in [0.15, 0.2) is 6.61 Å². The van der Waals surface area contributed by atoms with Crippen LogP contribution in [0.5, 0.6) is 0 Å². The fraction of sp³-hybridized carbons (Fsp3) is 0.190. The van der Waals surface area contributed by atoms with E-state index in [0.717, 1.165) is 10.7 Å². The largest absolute Gasteiger partial charge is 0.452 e. The van der Waals surface area contributed by atoms with Crippen molar-refractivity contribution in [2.75, 3.05) is 11.9 Å². The lowest BCUT2D eigenvalue weighted by molar-refractivity contribution is -0.384. The van der Waals surface area contributed by atoms with E-state index in [1.165, 1.54) is 23.9 Å². The number of aromatic nitrogens is 1. The molecule has 31 heavy (non-hydrogen) atoms. The Bertz CT molecular complexity index is 1130. The first-order valence-corrected chi connectivity index (χ1v) is 11.0. The van der Waals surface area contributed by atoms with Gasteiger partial charge < -0.3 is 10.1 Å². The minimum atomic E-state index is -0.664. The number of rotatable bonds is 8. The summed E-state index contributed by atoms with van der Waals surface area (Å²) in [6.07, 6.45) is 0. The van der Waals surface area contributed by atoms with Gasteiger partial charge in [0.1, 0.15) is 5.69 Å². The van der Waals surface area contributed by atoms with Gasteiger partial charge in [-0.2, -0.15) is 0 Å². The minimum absolute atomic E-state index is 0.0474. The van der Waals surface area contributed by atoms with E-state index in [9.17, 15) is 19.7 Å². The van der Waals surface area contributed by atoms with Crippen LogP contribution in [0.4, 0.5) is 11.4 Å². The maximum atomic E-state index is 12.5. The summed E-state index contributed by atoms with van der Waals surface area (Å²) in [5, 5.41) is 16.5. The number of thioether (sulfide) groups is 1. The monoisotopic (exact) mass is 457 g/mol. The molecule has 0 radical (unpaired) electrons. The first-order valence-electron chi connectivity index (χ1n) is 9.18. The van der Waals surface area contributed by atoms with Crippen LogP contribution in [0.1, 0.15) is 26.6 Å². The van der Waals surface area contributed by atoms with Gasteiger partial charge in [-0.1, -0.05) is 18.2 Å². The zero-order valence-electron chi connectivity index (χ0n) is 16.8. The highest BCUT2D eigenvalue weighted by Gasteiger charge is 2.18. The zero-order valence-corrected chi connectivity index (χ0v) is 18.4. The molecule has 3 rings (SSSR count). The molecule has 10 heteroatoms. The van der Waals surface area contributed by atoms with Gasteiger partial charge in [-0.25, -0.2) is 9.78 Å². The second-order valence-electron chi connectivity index (χ2n) is 6.54. The number of nitro benzene ring substituents is 1. The Labute approximate surface area is 186 Å². The number of amides is 1. The van der Waals surface area contributed by atoms with Crippen LogP contribution in [0.3, 0.4) is 0 Å². The molecule has 0 aliphatic rings. The highest BCUT2D eigenvalue weighted by Crippen LogP contribution is 2.28. The molecule has 1 heterocycles. The van der Waals surface area contributed by atoms with Gasteiger partial charge in [0.2, 0.25) is 0 Å². The van der Waals surface area contributed by atoms with Gasteiger partial charge in [0.25, 0.3) is 11.6 Å². The van der Waals surface area contributed by atoms with Gasteiger partial charge in [0, 0.05) is 22.1 Å². The number of carbonyl (C=O) groups is 2. The lowest BCUT2D eigenvalue weighted by Crippen LogP contribution is -2.21. The van der Waals surface area contributed by atoms with Crippen molar-refractivity contribution in [3.63, 3.8) is 0 Å². The van der Waals surface area contributed by atoms with Crippen molar-refractivity contribution in [1.82, 2.24) is 4.98 Å². The van der Waals surface area contributed by atoms with Gasteiger partial charge in [-0.15, -0.1) is 23.1 Å². The van der Waals surface area contributed by atoms with Crippen LogP contribution in [-0.2, 0) is 15.3 Å². The normalized spacial score (nSPS) is 10.5. The zero-order chi connectivity index (χ0) is 22.4. The number of hydrogen-bond acceptors (Lipinski definition) is 8. The molecule has 0 fully saturated rings. The van der Waals surface area contributed by atoms with Gasteiger partial charge in [-0.3, -0.25) is 14.9 Å². The summed E-state index contributed by atoms with van der Waals surface area (Å²) in [7, 11) is 0. The van der Waals surface area contributed by atoms with Gasteiger partial charge >= 0.3 is 5.97 Å². The molecule has 0 aliphatic heterocycles. The summed E-state index contributed by atoms with van der Waals surface area (Å²) in [6.45, 7) is 3.08. The fourth-order valence-corrected chi connectivity index (χ4v) is 4.33. The Morgan fingerprint density at radius 2 is 2.00 bits per heavy atom. The summed E-state index contributed by atoms with van der Waals surface area (Å²) in [6, 6.07) is 11.4. The summed E-state index contributed by atoms with van der Waals surface area (Å²) >= 11 is 3.02. The number of aryl methyl sites for hydroxylation is 2. The molecular weight excluding hydrogens is 438 g/mol. The summed E-state index contributed by atoms with van der Waals surface area (Å²) in [4.78, 5) is 40.4. The van der Waals surface area contributed by atoms with Crippen molar-refractivity contribution < 1.29 is 19.2 Å². The van der Waals surface area contributed by atoms with E-state index < -0.39 is 23.4 Å². The van der Waals surface area contributed by atoms with Crippen LogP contribution in [0, 0.1) is 24.0 Å². The number of hydrogen-bond donors (Lipinski definition) is 1. The molecule has 3 aromatic rings. The molecule has 0 unspecified atom stereocenters. The minimum Gasteiger partial charge on any atom is -0.452 e. The fourth-order valence-electron chi connectivity index (χ4n) is 2.68. The first-order chi connectivity index (χ1) is 14.8. The Hall–Kier alpha value is -3.24. The Balaban J connectivity index is 1.61. The molecule has 0 saturated heterocycles. The van der Waals surface area contributed by atoms with Crippen molar-refractivity contribution in [1.29, 1.82) is 0 Å². The standard InChI is InChI=1S/C21H19N3O5S2/c1-13-7-8-17(18(9-13)24(27)28)23-20(25)10-29-21(26)16-5-3-4-6-19(16)31-12-15-11-30-14(2)22-15/h3-9,11H,10,12H2,1-2H3,(H,23,25).